The van der Waals surface area contributed by atoms with Gasteiger partial charge in [0.05, 0.1) is 5.75 Å². The summed E-state index contributed by atoms with van der Waals surface area (Å²) in [5.74, 6) is -16.0. The Hall–Kier alpha value is -0.810. The highest BCUT2D eigenvalue weighted by molar-refractivity contribution is 7.90. The van der Waals surface area contributed by atoms with E-state index in [9.17, 15) is 56.3 Å². The van der Waals surface area contributed by atoms with Crippen LogP contribution < -0.4 is 4.72 Å². The SMILES string of the molecule is O=S(=O)(O)CCCNS(=O)(=O)C(F)(F)C(F)(F)C(F)(F)C(F)(F)F. The van der Waals surface area contributed by atoms with Gasteiger partial charge in [-0.05, 0) is 6.42 Å². The third-order valence-electron chi connectivity index (χ3n) is 2.32. The van der Waals surface area contributed by atoms with Crippen molar-refractivity contribution >= 4 is 20.1 Å². The van der Waals surface area contributed by atoms with Crippen LogP contribution >= 0.6 is 0 Å². The number of hydrogen-bond donors (Lipinski definition) is 2. The van der Waals surface area contributed by atoms with Gasteiger partial charge in [-0.15, -0.1) is 0 Å². The van der Waals surface area contributed by atoms with E-state index >= 15 is 0 Å². The van der Waals surface area contributed by atoms with E-state index in [4.69, 9.17) is 4.55 Å². The molecule has 0 aromatic heterocycles. The van der Waals surface area contributed by atoms with Crippen LogP contribution in [0.1, 0.15) is 6.42 Å². The van der Waals surface area contributed by atoms with Gasteiger partial charge in [-0.25, -0.2) is 13.1 Å². The van der Waals surface area contributed by atoms with Crippen molar-refractivity contribution < 1.29 is 60.9 Å². The molecular weight excluding hydrogens is 413 g/mol. The average Bonchev–Trinajstić information content (AvgIpc) is 2.31. The Kier molecular flexibility index (Phi) is 6.27. The molecule has 146 valence electrons. The van der Waals surface area contributed by atoms with Crippen molar-refractivity contribution in [2.75, 3.05) is 12.3 Å². The van der Waals surface area contributed by atoms with Crippen molar-refractivity contribution in [3.63, 3.8) is 0 Å². The number of sulfonamides is 1. The summed E-state index contributed by atoms with van der Waals surface area (Å²) in [5.41, 5.74) is 0. The predicted molar refractivity (Wildman–Crippen MR) is 58.9 cm³/mol. The lowest BCUT2D eigenvalue weighted by Gasteiger charge is -2.33. The summed E-state index contributed by atoms with van der Waals surface area (Å²) < 4.78 is 164. The lowest BCUT2D eigenvalue weighted by atomic mass is 10.1. The zero-order valence-corrected chi connectivity index (χ0v) is 12.6. The maximum atomic E-state index is 13.1. The van der Waals surface area contributed by atoms with E-state index in [2.05, 4.69) is 0 Å². The van der Waals surface area contributed by atoms with Crippen LogP contribution in [0.4, 0.5) is 39.5 Å². The third kappa shape index (κ3) is 4.42. The summed E-state index contributed by atoms with van der Waals surface area (Å²) in [4.78, 5) is 0. The Labute approximate surface area is 128 Å². The molecule has 0 aromatic rings. The minimum atomic E-state index is -7.38. The summed E-state index contributed by atoms with van der Waals surface area (Å²) in [5, 5.41) is -6.89. The van der Waals surface area contributed by atoms with Gasteiger partial charge in [0.15, 0.2) is 0 Å². The van der Waals surface area contributed by atoms with Crippen LogP contribution in [0.15, 0.2) is 0 Å². The molecule has 24 heavy (non-hydrogen) atoms. The maximum absolute atomic E-state index is 13.1. The molecule has 0 aliphatic rings. The van der Waals surface area contributed by atoms with Crippen LogP contribution in [0.2, 0.25) is 0 Å². The highest BCUT2D eigenvalue weighted by atomic mass is 32.2. The quantitative estimate of drug-likeness (QED) is 0.353. The van der Waals surface area contributed by atoms with E-state index in [0.717, 1.165) is 0 Å². The fraction of sp³-hybridized carbons (Fsp3) is 1.00. The Morgan fingerprint density at radius 2 is 1.21 bits per heavy atom. The van der Waals surface area contributed by atoms with Crippen molar-refractivity contribution in [2.45, 2.75) is 29.7 Å². The Balaban J connectivity index is 5.47. The van der Waals surface area contributed by atoms with E-state index in [0.29, 0.717) is 4.72 Å². The molecular formula is C7H8F9NO5S2. The summed E-state index contributed by atoms with van der Waals surface area (Å²) in [6.45, 7) is -1.37. The lowest BCUT2D eigenvalue weighted by Crippen LogP contribution is -2.65. The monoisotopic (exact) mass is 421 g/mol. The van der Waals surface area contributed by atoms with E-state index in [1.165, 1.54) is 0 Å². The van der Waals surface area contributed by atoms with Crippen molar-refractivity contribution in [3.8, 4) is 0 Å². The van der Waals surface area contributed by atoms with Gasteiger partial charge in [0.1, 0.15) is 0 Å². The van der Waals surface area contributed by atoms with Gasteiger partial charge < -0.3 is 0 Å². The van der Waals surface area contributed by atoms with Crippen LogP contribution in [-0.2, 0) is 20.1 Å². The van der Waals surface area contributed by atoms with Crippen molar-refractivity contribution in [2.24, 2.45) is 0 Å². The smallest absolute Gasteiger partial charge is 0.286 e. The van der Waals surface area contributed by atoms with Crippen LogP contribution in [0.5, 0.6) is 0 Å². The number of halogens is 9. The molecule has 0 aromatic carbocycles. The minimum absolute atomic E-state index is 0.568. The molecule has 0 heterocycles. The van der Waals surface area contributed by atoms with Crippen LogP contribution in [-0.4, -0.2) is 57.0 Å². The molecule has 0 aliphatic carbocycles. The molecule has 0 saturated carbocycles. The molecule has 0 saturated heterocycles. The van der Waals surface area contributed by atoms with Gasteiger partial charge in [0, 0.05) is 6.54 Å². The first-order chi connectivity index (χ1) is 10.2. The largest absolute Gasteiger partial charge is 0.460 e. The zero-order valence-electron chi connectivity index (χ0n) is 10.9. The van der Waals surface area contributed by atoms with Crippen LogP contribution in [0, 0.1) is 0 Å². The normalized spacial score (nSPS) is 15.6. The van der Waals surface area contributed by atoms with Crippen molar-refractivity contribution in [3.05, 3.63) is 0 Å². The van der Waals surface area contributed by atoms with Gasteiger partial charge >= 0.3 is 23.3 Å². The van der Waals surface area contributed by atoms with Crippen LogP contribution in [0.3, 0.4) is 0 Å². The first kappa shape index (κ1) is 23.2. The number of nitrogens with one attached hydrogen (secondary N) is 1. The summed E-state index contributed by atoms with van der Waals surface area (Å²) in [6, 6.07) is 0. The molecule has 0 spiro atoms. The fourth-order valence-corrected chi connectivity index (χ4v) is 2.65. The standard InChI is InChI=1S/C7H8F9NO5S2/c8-4(9,6(12,13)14)5(10,11)7(15,16)24(21,22)17-2-1-3-23(18,19)20/h17H,1-3H2,(H,18,19,20). The molecule has 6 nitrogen and oxygen atoms in total. The van der Waals surface area contributed by atoms with Crippen molar-refractivity contribution in [1.29, 1.82) is 0 Å². The minimum Gasteiger partial charge on any atom is -0.286 e. The third-order valence-corrected chi connectivity index (χ3v) is 4.64. The second kappa shape index (κ2) is 6.49. The number of hydrogen-bond acceptors (Lipinski definition) is 4. The topological polar surface area (TPSA) is 101 Å². The maximum Gasteiger partial charge on any atom is 0.460 e. The summed E-state index contributed by atoms with van der Waals surface area (Å²) in [6.07, 6.45) is -8.14. The molecule has 0 radical (unpaired) electrons. The Morgan fingerprint density at radius 1 is 0.792 bits per heavy atom. The van der Waals surface area contributed by atoms with Gasteiger partial charge in [-0.2, -0.15) is 47.9 Å². The van der Waals surface area contributed by atoms with E-state index in [1.54, 1.807) is 0 Å². The molecule has 0 bridgehead atoms. The predicted octanol–water partition coefficient (Wildman–Crippen LogP) is 1.61. The summed E-state index contributed by atoms with van der Waals surface area (Å²) in [7, 11) is -11.5. The number of alkyl halides is 9. The second-order valence-corrected chi connectivity index (χ2v) is 7.58. The van der Waals surface area contributed by atoms with Crippen molar-refractivity contribution in [1.82, 2.24) is 4.72 Å². The molecule has 0 aliphatic heterocycles. The summed E-state index contributed by atoms with van der Waals surface area (Å²) >= 11 is 0. The van der Waals surface area contributed by atoms with Crippen LogP contribution in [0.25, 0.3) is 0 Å². The second-order valence-electron chi connectivity index (χ2n) is 4.20. The molecule has 0 fully saturated rings. The van der Waals surface area contributed by atoms with Gasteiger partial charge in [0.25, 0.3) is 20.1 Å². The molecule has 0 rings (SSSR count). The number of rotatable bonds is 8. The molecule has 2 N–H and O–H groups in total. The van der Waals surface area contributed by atoms with E-state index in [-0.39, 0.29) is 0 Å². The van der Waals surface area contributed by atoms with Gasteiger partial charge in [0.2, 0.25) is 0 Å². The lowest BCUT2D eigenvalue weighted by molar-refractivity contribution is -0.382. The van der Waals surface area contributed by atoms with E-state index in [1.807, 2.05) is 0 Å². The fourth-order valence-electron chi connectivity index (χ4n) is 1.08. The Bertz CT molecular complexity index is 654. The Morgan fingerprint density at radius 3 is 1.54 bits per heavy atom. The molecule has 0 atom stereocenters. The molecule has 17 heteroatoms. The van der Waals surface area contributed by atoms with Gasteiger partial charge in [-0.3, -0.25) is 4.55 Å². The highest BCUT2D eigenvalue weighted by Crippen LogP contribution is 2.54. The zero-order chi connectivity index (χ0) is 19.8. The molecule has 0 unspecified atom stereocenters. The van der Waals surface area contributed by atoms with E-state index < -0.39 is 62.1 Å². The average molecular weight is 421 g/mol. The first-order valence-corrected chi connectivity index (χ1v) is 8.44. The molecule has 0 amide bonds. The van der Waals surface area contributed by atoms with Gasteiger partial charge in [-0.1, -0.05) is 0 Å². The highest BCUT2D eigenvalue weighted by Gasteiger charge is 2.85. The first-order valence-electron chi connectivity index (χ1n) is 5.35.